The summed E-state index contributed by atoms with van der Waals surface area (Å²) < 4.78 is 6.04. The Morgan fingerprint density at radius 1 is 0.679 bits per heavy atom. The van der Waals surface area contributed by atoms with E-state index < -0.39 is 0 Å². The lowest BCUT2D eigenvalue weighted by atomic mass is 9.44. The van der Waals surface area contributed by atoms with Gasteiger partial charge in [-0.2, -0.15) is 0 Å². The molecule has 0 radical (unpaired) electrons. The van der Waals surface area contributed by atoms with E-state index in [2.05, 4.69) is 72.8 Å². The van der Waals surface area contributed by atoms with Gasteiger partial charge >= 0.3 is 5.97 Å². The van der Waals surface area contributed by atoms with Crippen LogP contribution in [0, 0.1) is 58.2 Å². The maximum Gasteiger partial charge on any atom is 0.331 e. The van der Waals surface area contributed by atoms with E-state index in [4.69, 9.17) is 4.74 Å². The average Bonchev–Trinajstić information content (AvgIpc) is 3.50. The zero-order valence-corrected chi connectivity index (χ0v) is 35.6. The topological polar surface area (TPSA) is 26.3 Å². The van der Waals surface area contributed by atoms with Gasteiger partial charge in [-0.05, 0) is 135 Å². The van der Waals surface area contributed by atoms with Crippen LogP contribution in [0.4, 0.5) is 0 Å². The van der Waals surface area contributed by atoms with E-state index in [1.807, 2.05) is 42.5 Å². The summed E-state index contributed by atoms with van der Waals surface area (Å²) in [5.74, 6) is 6.68. The predicted octanol–water partition coefficient (Wildman–Crippen LogP) is 15.1. The Balaban J connectivity index is 1.14. The highest BCUT2D eigenvalue weighted by Crippen LogP contribution is 2.68. The third-order valence-electron chi connectivity index (χ3n) is 15.5. The molecule has 0 amide bonds. The van der Waals surface area contributed by atoms with E-state index in [1.54, 1.807) is 6.08 Å². The Bertz CT molecular complexity index is 1250. The van der Waals surface area contributed by atoms with Gasteiger partial charge < -0.3 is 4.74 Å². The summed E-state index contributed by atoms with van der Waals surface area (Å²) in [5.41, 5.74) is 0.964. The van der Waals surface area contributed by atoms with Gasteiger partial charge in [0.25, 0.3) is 0 Å². The monoisotopic (exact) mass is 727 g/mol. The third-order valence-corrected chi connectivity index (χ3v) is 15.5. The molecule has 4 aliphatic rings. The minimum absolute atomic E-state index is 0.0716. The minimum Gasteiger partial charge on any atom is -0.459 e. The lowest BCUT2D eigenvalue weighted by Crippen LogP contribution is -2.54. The molecule has 2 nitrogen and oxygen atoms in total. The highest BCUT2D eigenvalue weighted by molar-refractivity contribution is 5.82. The molecular formula is C51H82O2. The SMILES string of the molecule is CCCCCCCCCC=CC=CC=CC=CC=CC=CC(=O)OC1CC[C@@]2(C)C(CC[C@H]3[C@@H]4CC[C@H]([C@H](C)CC[C@@H](CC)C(C)C)[C@@]4(C)CC[C@@H]32)C1. The number of carbonyl (C=O) groups excluding carboxylic acids is 1. The molecule has 4 fully saturated rings. The van der Waals surface area contributed by atoms with E-state index in [0.717, 1.165) is 54.3 Å². The molecule has 2 unspecified atom stereocenters. The Hall–Kier alpha value is -2.09. The molecule has 0 aliphatic heterocycles. The van der Waals surface area contributed by atoms with Crippen LogP contribution >= 0.6 is 0 Å². The van der Waals surface area contributed by atoms with Crippen molar-refractivity contribution < 1.29 is 9.53 Å². The second-order valence-corrected chi connectivity index (χ2v) is 18.9. The maximum absolute atomic E-state index is 12.8. The molecule has 0 spiro atoms. The molecule has 10 atom stereocenters. The van der Waals surface area contributed by atoms with Gasteiger partial charge in [-0.25, -0.2) is 4.79 Å². The normalized spacial score (nSPS) is 33.1. The predicted molar refractivity (Wildman–Crippen MR) is 230 cm³/mol. The quantitative estimate of drug-likeness (QED) is 0.0509. The summed E-state index contributed by atoms with van der Waals surface area (Å²) in [7, 11) is 0. The van der Waals surface area contributed by atoms with Crippen molar-refractivity contribution in [3.05, 3.63) is 72.9 Å². The van der Waals surface area contributed by atoms with Gasteiger partial charge in [-0.3, -0.25) is 0 Å². The van der Waals surface area contributed by atoms with Crippen molar-refractivity contribution in [3.63, 3.8) is 0 Å². The van der Waals surface area contributed by atoms with Crippen LogP contribution in [0.3, 0.4) is 0 Å². The number of unbranched alkanes of at least 4 members (excludes halogenated alkanes) is 7. The van der Waals surface area contributed by atoms with Gasteiger partial charge in [0.15, 0.2) is 0 Å². The van der Waals surface area contributed by atoms with Crippen molar-refractivity contribution in [1.82, 2.24) is 0 Å². The summed E-state index contributed by atoms with van der Waals surface area (Å²) in [5, 5.41) is 0. The molecule has 0 bridgehead atoms. The van der Waals surface area contributed by atoms with Gasteiger partial charge in [-0.1, -0.05) is 167 Å². The number of ether oxygens (including phenoxy) is 1. The summed E-state index contributed by atoms with van der Waals surface area (Å²) in [4.78, 5) is 12.8. The van der Waals surface area contributed by atoms with Gasteiger partial charge in [0.1, 0.15) is 6.10 Å². The maximum atomic E-state index is 12.8. The van der Waals surface area contributed by atoms with Crippen molar-refractivity contribution in [2.24, 2.45) is 58.2 Å². The van der Waals surface area contributed by atoms with Crippen molar-refractivity contribution in [3.8, 4) is 0 Å². The van der Waals surface area contributed by atoms with Crippen LogP contribution in [0.15, 0.2) is 72.9 Å². The molecule has 0 aromatic carbocycles. The lowest BCUT2D eigenvalue weighted by Gasteiger charge is -2.61. The first-order valence-electron chi connectivity index (χ1n) is 22.8. The standard InChI is InChI=1S/C51H82O2/c1-8-10-11-12-13-14-15-16-17-18-19-20-21-22-23-24-25-26-27-28-49(52)53-44-35-37-50(6)43(39-44)31-32-45-47-34-33-46(51(47,7)38-36-48(45)50)41(5)29-30-42(9-2)40(3)4/h17-28,40-48H,8-16,29-39H2,1-7H3/t41-,42-,43?,44?,45+,46-,47+,48+,50+,51-/m1/s1. The smallest absolute Gasteiger partial charge is 0.331 e. The van der Waals surface area contributed by atoms with Crippen LogP contribution in [-0.2, 0) is 9.53 Å². The van der Waals surface area contributed by atoms with Crippen LogP contribution in [0.5, 0.6) is 0 Å². The Morgan fingerprint density at radius 3 is 1.98 bits per heavy atom. The Labute approximate surface area is 328 Å². The fourth-order valence-electron chi connectivity index (χ4n) is 12.2. The van der Waals surface area contributed by atoms with Crippen molar-refractivity contribution >= 4 is 5.97 Å². The fraction of sp³-hybridized carbons (Fsp3) is 0.745. The Kier molecular flexibility index (Phi) is 18.5. The summed E-state index contributed by atoms with van der Waals surface area (Å²) >= 11 is 0. The first-order chi connectivity index (χ1) is 25.6. The van der Waals surface area contributed by atoms with E-state index in [9.17, 15) is 4.79 Å². The molecule has 0 heterocycles. The fourth-order valence-corrected chi connectivity index (χ4v) is 12.2. The molecule has 0 aromatic rings. The molecular weight excluding hydrogens is 645 g/mol. The molecule has 4 aliphatic carbocycles. The van der Waals surface area contributed by atoms with Crippen LogP contribution < -0.4 is 0 Å². The van der Waals surface area contributed by atoms with Crippen LogP contribution in [-0.4, -0.2) is 12.1 Å². The van der Waals surface area contributed by atoms with Gasteiger partial charge in [-0.15, -0.1) is 0 Å². The molecule has 4 saturated carbocycles. The molecule has 2 heteroatoms. The number of rotatable bonds is 21. The highest BCUT2D eigenvalue weighted by atomic mass is 16.5. The number of carbonyl (C=O) groups is 1. The molecule has 53 heavy (non-hydrogen) atoms. The van der Waals surface area contributed by atoms with Crippen LogP contribution in [0.2, 0.25) is 0 Å². The molecule has 0 aromatic heterocycles. The molecule has 0 N–H and O–H groups in total. The number of esters is 1. The van der Waals surface area contributed by atoms with E-state index in [0.29, 0.717) is 16.7 Å². The Morgan fingerprint density at radius 2 is 1.30 bits per heavy atom. The lowest BCUT2D eigenvalue weighted by molar-refractivity contribution is -0.158. The van der Waals surface area contributed by atoms with Crippen LogP contribution in [0.25, 0.3) is 0 Å². The molecule has 0 saturated heterocycles. The zero-order chi connectivity index (χ0) is 38.1. The minimum atomic E-state index is -0.191. The van der Waals surface area contributed by atoms with Gasteiger partial charge in [0.2, 0.25) is 0 Å². The summed E-state index contributed by atoms with van der Waals surface area (Å²) in [6, 6.07) is 0. The number of hydrogen-bond donors (Lipinski definition) is 0. The number of fused-ring (bicyclic) bond motifs is 5. The third kappa shape index (κ3) is 12.5. The molecule has 4 rings (SSSR count). The highest BCUT2D eigenvalue weighted by Gasteiger charge is 2.60. The molecule has 298 valence electrons. The van der Waals surface area contributed by atoms with Gasteiger partial charge in [0, 0.05) is 6.08 Å². The first kappa shape index (κ1) is 43.6. The van der Waals surface area contributed by atoms with E-state index >= 15 is 0 Å². The van der Waals surface area contributed by atoms with E-state index in [1.165, 1.54) is 116 Å². The summed E-state index contributed by atoms with van der Waals surface area (Å²) in [6.45, 7) is 17.5. The number of allylic oxidation sites excluding steroid dienone is 11. The second kappa shape index (κ2) is 22.5. The van der Waals surface area contributed by atoms with Crippen LogP contribution in [0.1, 0.15) is 177 Å². The number of hydrogen-bond acceptors (Lipinski definition) is 2. The zero-order valence-electron chi connectivity index (χ0n) is 35.6. The summed E-state index contributed by atoms with van der Waals surface area (Å²) in [6.07, 6.45) is 50.7. The average molecular weight is 727 g/mol. The van der Waals surface area contributed by atoms with E-state index in [-0.39, 0.29) is 12.1 Å². The second-order valence-electron chi connectivity index (χ2n) is 18.9. The van der Waals surface area contributed by atoms with Crippen molar-refractivity contribution in [1.29, 1.82) is 0 Å². The first-order valence-corrected chi connectivity index (χ1v) is 22.8. The largest absolute Gasteiger partial charge is 0.459 e. The van der Waals surface area contributed by atoms with Gasteiger partial charge in [0.05, 0.1) is 0 Å². The van der Waals surface area contributed by atoms with Crippen molar-refractivity contribution in [2.45, 2.75) is 183 Å². The van der Waals surface area contributed by atoms with Crippen molar-refractivity contribution in [2.75, 3.05) is 0 Å².